The molecule has 0 aromatic heterocycles. The molecule has 2 bridgehead atoms. The number of hydrogen-bond acceptors (Lipinski definition) is 2. The Morgan fingerprint density at radius 3 is 2.60 bits per heavy atom. The van der Waals surface area contributed by atoms with Gasteiger partial charge in [0.1, 0.15) is 5.75 Å². The lowest BCUT2D eigenvalue weighted by molar-refractivity contribution is -0.244. The molecule has 0 unspecified atom stereocenters. The maximum absolute atomic E-state index is 13.0. The number of alkyl halides is 5. The Bertz CT molecular complexity index is 644. The van der Waals surface area contributed by atoms with Crippen LogP contribution in [0.25, 0.3) is 0 Å². The molecule has 3 aliphatic rings. The Morgan fingerprint density at radius 1 is 1.28 bits per heavy atom. The second-order valence-electron chi connectivity index (χ2n) is 6.61. The van der Waals surface area contributed by atoms with Crippen molar-refractivity contribution in [3.63, 3.8) is 0 Å². The lowest BCUT2D eigenvalue weighted by Gasteiger charge is -2.39. The summed E-state index contributed by atoms with van der Waals surface area (Å²) in [5, 5.41) is 5.11. The van der Waals surface area contributed by atoms with Crippen LogP contribution >= 0.6 is 0 Å². The summed E-state index contributed by atoms with van der Waals surface area (Å²) in [5.74, 6) is -0.173. The van der Waals surface area contributed by atoms with Crippen molar-refractivity contribution in [2.75, 3.05) is 0 Å². The first kappa shape index (κ1) is 17.8. The van der Waals surface area contributed by atoms with E-state index in [9.17, 15) is 26.7 Å². The molecule has 1 aromatic rings. The second kappa shape index (κ2) is 6.34. The number of amides is 2. The predicted molar refractivity (Wildman–Crippen MR) is 78.1 cm³/mol. The molecule has 0 heterocycles. The van der Waals surface area contributed by atoms with E-state index in [4.69, 9.17) is 0 Å². The average molecular weight is 364 g/mol. The molecule has 0 saturated heterocycles. The molecule has 0 aliphatic heterocycles. The number of halogens is 5. The Balaban J connectivity index is 1.48. The summed E-state index contributed by atoms with van der Waals surface area (Å²) >= 11 is 0. The topological polar surface area (TPSA) is 50.4 Å². The van der Waals surface area contributed by atoms with Crippen LogP contribution in [0, 0.1) is 11.3 Å². The zero-order valence-electron chi connectivity index (χ0n) is 13.1. The monoisotopic (exact) mass is 364 g/mol. The van der Waals surface area contributed by atoms with Gasteiger partial charge in [0.2, 0.25) is 0 Å². The van der Waals surface area contributed by atoms with Gasteiger partial charge in [0, 0.05) is 12.6 Å². The number of ether oxygens (including phenoxy) is 1. The lowest BCUT2D eigenvalue weighted by Crippen LogP contribution is -2.44. The van der Waals surface area contributed by atoms with Crippen LogP contribution < -0.4 is 15.4 Å². The van der Waals surface area contributed by atoms with Crippen LogP contribution in [-0.2, 0) is 6.54 Å². The van der Waals surface area contributed by atoms with Crippen LogP contribution in [0.2, 0.25) is 0 Å². The van der Waals surface area contributed by atoms with Crippen molar-refractivity contribution in [1.29, 1.82) is 0 Å². The number of carbonyl (C=O) groups is 1. The van der Waals surface area contributed by atoms with E-state index in [1.54, 1.807) is 6.07 Å². The molecular formula is C16H17F5N2O2. The summed E-state index contributed by atoms with van der Waals surface area (Å²) in [6.45, 7) is -2.89. The van der Waals surface area contributed by atoms with Crippen LogP contribution in [0.5, 0.6) is 5.75 Å². The van der Waals surface area contributed by atoms with Crippen LogP contribution in [0.4, 0.5) is 26.7 Å². The molecule has 3 fully saturated rings. The van der Waals surface area contributed by atoms with Gasteiger partial charge in [-0.15, -0.1) is 0 Å². The van der Waals surface area contributed by atoms with Crippen LogP contribution in [-0.4, -0.2) is 24.9 Å². The SMILES string of the molecule is O=C(NCc1cccc(OC(F)F)c1)N[C@@H]1CC2(C(F)(F)F)CC1C2. The fourth-order valence-electron chi connectivity index (χ4n) is 3.73. The minimum atomic E-state index is -4.23. The Kier molecular flexibility index (Phi) is 4.51. The van der Waals surface area contributed by atoms with E-state index in [-0.39, 0.29) is 37.5 Å². The minimum absolute atomic E-state index is 0.0292. The third-order valence-corrected chi connectivity index (χ3v) is 4.98. The molecule has 1 aromatic carbocycles. The number of carbonyl (C=O) groups excluding carboxylic acids is 1. The highest BCUT2D eigenvalue weighted by Crippen LogP contribution is 2.65. The van der Waals surface area contributed by atoms with E-state index >= 15 is 0 Å². The van der Waals surface area contributed by atoms with E-state index in [0.717, 1.165) is 0 Å². The van der Waals surface area contributed by atoms with Crippen molar-refractivity contribution in [3.8, 4) is 5.75 Å². The number of rotatable bonds is 5. The van der Waals surface area contributed by atoms with Crippen LogP contribution in [0.3, 0.4) is 0 Å². The highest BCUT2D eigenvalue weighted by atomic mass is 19.4. The van der Waals surface area contributed by atoms with E-state index in [1.807, 2.05) is 0 Å². The van der Waals surface area contributed by atoms with E-state index in [0.29, 0.717) is 5.56 Å². The van der Waals surface area contributed by atoms with Gasteiger partial charge < -0.3 is 15.4 Å². The van der Waals surface area contributed by atoms with Crippen molar-refractivity contribution in [3.05, 3.63) is 29.8 Å². The van der Waals surface area contributed by atoms with E-state index in [2.05, 4.69) is 15.4 Å². The molecule has 2 amide bonds. The van der Waals surface area contributed by atoms with Crippen molar-refractivity contribution >= 4 is 6.03 Å². The third kappa shape index (κ3) is 3.64. The van der Waals surface area contributed by atoms with E-state index in [1.165, 1.54) is 18.2 Å². The van der Waals surface area contributed by atoms with Gasteiger partial charge >= 0.3 is 18.8 Å². The minimum Gasteiger partial charge on any atom is -0.435 e. The molecule has 0 radical (unpaired) electrons. The summed E-state index contributed by atoms with van der Waals surface area (Å²) in [5.41, 5.74) is -1.10. The largest absolute Gasteiger partial charge is 0.435 e. The number of nitrogens with one attached hydrogen (secondary N) is 2. The van der Waals surface area contributed by atoms with Crippen molar-refractivity contribution in [2.24, 2.45) is 11.3 Å². The van der Waals surface area contributed by atoms with Gasteiger partial charge in [-0.25, -0.2) is 4.79 Å². The summed E-state index contributed by atoms with van der Waals surface area (Å²) in [4.78, 5) is 11.9. The Morgan fingerprint density at radius 2 is 2.00 bits per heavy atom. The number of benzene rings is 1. The molecule has 9 heteroatoms. The molecule has 25 heavy (non-hydrogen) atoms. The summed E-state index contributed by atoms with van der Waals surface area (Å²) < 4.78 is 67.6. The summed E-state index contributed by atoms with van der Waals surface area (Å²) in [6, 6.07) is 4.77. The van der Waals surface area contributed by atoms with Crippen LogP contribution in [0.1, 0.15) is 24.8 Å². The quantitative estimate of drug-likeness (QED) is 0.781. The lowest BCUT2D eigenvalue weighted by atomic mass is 9.69. The average Bonchev–Trinajstić information content (AvgIpc) is 2.99. The van der Waals surface area contributed by atoms with Crippen molar-refractivity contribution < 1.29 is 31.5 Å². The van der Waals surface area contributed by atoms with Gasteiger partial charge in [-0.05, 0) is 42.9 Å². The number of urea groups is 1. The molecular weight excluding hydrogens is 347 g/mol. The smallest absolute Gasteiger partial charge is 0.394 e. The van der Waals surface area contributed by atoms with Crippen molar-refractivity contribution in [2.45, 2.75) is 44.6 Å². The van der Waals surface area contributed by atoms with Gasteiger partial charge in [0.25, 0.3) is 0 Å². The standard InChI is InChI=1S/C16H17F5N2O2/c17-13(18)25-11-3-1-2-9(4-11)8-22-14(24)23-12-7-15(16(19,20)21)5-10(12)6-15/h1-4,10,12-13H,5-8H2,(H2,22,23,24)/t10?,12-,15?/m1/s1. The van der Waals surface area contributed by atoms with Crippen LogP contribution in [0.15, 0.2) is 24.3 Å². The Labute approximate surface area is 140 Å². The molecule has 1 atom stereocenters. The summed E-state index contributed by atoms with van der Waals surface area (Å²) in [7, 11) is 0. The molecule has 2 N–H and O–H groups in total. The summed E-state index contributed by atoms with van der Waals surface area (Å²) in [6.07, 6.45) is -4.20. The molecule has 4 nitrogen and oxygen atoms in total. The number of hydrogen-bond donors (Lipinski definition) is 2. The molecule has 4 rings (SSSR count). The first-order valence-corrected chi connectivity index (χ1v) is 7.83. The zero-order valence-corrected chi connectivity index (χ0v) is 13.1. The molecule has 0 spiro atoms. The highest BCUT2D eigenvalue weighted by Gasteiger charge is 2.68. The first-order chi connectivity index (χ1) is 11.7. The van der Waals surface area contributed by atoms with Gasteiger partial charge in [0.05, 0.1) is 5.41 Å². The predicted octanol–water partition coefficient (Wildman–Crippen LogP) is 3.82. The molecule has 3 saturated carbocycles. The normalized spacial score (nSPS) is 27.8. The molecule has 3 aliphatic carbocycles. The second-order valence-corrected chi connectivity index (χ2v) is 6.61. The zero-order chi connectivity index (χ0) is 18.2. The highest BCUT2D eigenvalue weighted by molar-refractivity contribution is 5.74. The maximum atomic E-state index is 13.0. The maximum Gasteiger partial charge on any atom is 0.394 e. The van der Waals surface area contributed by atoms with Crippen molar-refractivity contribution in [1.82, 2.24) is 10.6 Å². The van der Waals surface area contributed by atoms with E-state index < -0.39 is 30.3 Å². The first-order valence-electron chi connectivity index (χ1n) is 7.83. The van der Waals surface area contributed by atoms with Gasteiger partial charge in [-0.3, -0.25) is 0 Å². The third-order valence-electron chi connectivity index (χ3n) is 4.98. The van der Waals surface area contributed by atoms with Gasteiger partial charge in [0.15, 0.2) is 0 Å². The molecule has 138 valence electrons. The van der Waals surface area contributed by atoms with Gasteiger partial charge in [-0.2, -0.15) is 22.0 Å². The Hall–Kier alpha value is -2.06. The fraction of sp³-hybridized carbons (Fsp3) is 0.562. The number of fused-ring (bicyclic) bond motifs is 1. The fourth-order valence-corrected chi connectivity index (χ4v) is 3.73. The van der Waals surface area contributed by atoms with Gasteiger partial charge in [-0.1, -0.05) is 12.1 Å².